The molecule has 336 valence electrons. The summed E-state index contributed by atoms with van der Waals surface area (Å²) in [6.45, 7) is 0. The first-order valence-corrected chi connectivity index (χ1v) is 20.7. The summed E-state index contributed by atoms with van der Waals surface area (Å²) < 4.78 is 55.6. The first-order valence-electron chi connectivity index (χ1n) is 20.7. The molecule has 10 heteroatoms. The minimum atomic E-state index is 0.510. The molecule has 0 saturated heterocycles. The molecule has 0 aliphatic carbocycles. The third-order valence-electron chi connectivity index (χ3n) is 10.5. The van der Waals surface area contributed by atoms with E-state index in [0.717, 1.165) is 55.7 Å². The summed E-state index contributed by atoms with van der Waals surface area (Å²) in [6, 6.07) is 35.2. The fourth-order valence-corrected chi connectivity index (χ4v) is 7.11. The van der Waals surface area contributed by atoms with Gasteiger partial charge in [0.1, 0.15) is 0 Å². The predicted molar refractivity (Wildman–Crippen MR) is 257 cm³/mol. The van der Waals surface area contributed by atoms with E-state index in [1.807, 2.05) is 84.9 Å². The first-order chi connectivity index (χ1) is 32.2. The largest absolute Gasteiger partial charge is 0.493 e. The van der Waals surface area contributed by atoms with Gasteiger partial charge in [-0.2, -0.15) is 0 Å². The van der Waals surface area contributed by atoms with Gasteiger partial charge in [-0.05, 0) is 108 Å². The molecule has 0 spiro atoms. The van der Waals surface area contributed by atoms with Crippen molar-refractivity contribution >= 4 is 5.57 Å². The molecule has 0 atom stereocenters. The summed E-state index contributed by atoms with van der Waals surface area (Å²) in [5, 5.41) is 0. The van der Waals surface area contributed by atoms with Crippen molar-refractivity contribution in [3.8, 4) is 93.0 Å². The molecule has 0 bridgehead atoms. The van der Waals surface area contributed by atoms with Crippen LogP contribution < -0.4 is 47.4 Å². The van der Waals surface area contributed by atoms with E-state index in [4.69, 9.17) is 47.4 Å². The van der Waals surface area contributed by atoms with Crippen molar-refractivity contribution in [2.45, 2.75) is 12.8 Å². The van der Waals surface area contributed by atoms with Crippen molar-refractivity contribution in [1.29, 1.82) is 0 Å². The summed E-state index contributed by atoms with van der Waals surface area (Å²) in [4.78, 5) is 0. The van der Waals surface area contributed by atoms with Crippen LogP contribution >= 0.6 is 0 Å². The second-order valence-corrected chi connectivity index (χ2v) is 14.4. The molecule has 6 rings (SSSR count). The number of hydrogen-bond donors (Lipinski definition) is 0. The molecule has 66 heavy (non-hydrogen) atoms. The van der Waals surface area contributed by atoms with Crippen LogP contribution in [0.5, 0.6) is 57.5 Å². The SMILES string of the molecule is COc1ccc(C#C/C(Cc2ccc(C#Cc3cc(OC)c(OC)c(OC)c3)cc2)=C(\Cc2ccc(C#Cc3cc(OC)c(OC)c(OC)c3)cc2)c2ccc(OC)c(OC)c2)cc1OC. The highest BCUT2D eigenvalue weighted by molar-refractivity contribution is 5.77. The summed E-state index contributed by atoms with van der Waals surface area (Å²) in [7, 11) is 15.9. The van der Waals surface area contributed by atoms with Gasteiger partial charge in [-0.1, -0.05) is 65.9 Å². The third-order valence-corrected chi connectivity index (χ3v) is 10.5. The average molecular weight is 885 g/mol. The summed E-state index contributed by atoms with van der Waals surface area (Å²) >= 11 is 0. The average Bonchev–Trinajstić information content (AvgIpc) is 3.37. The van der Waals surface area contributed by atoms with Crippen molar-refractivity contribution in [2.75, 3.05) is 71.1 Å². The van der Waals surface area contributed by atoms with Gasteiger partial charge in [0.15, 0.2) is 46.0 Å². The van der Waals surface area contributed by atoms with E-state index in [0.29, 0.717) is 70.3 Å². The molecule has 6 aromatic rings. The Kier molecular flexibility index (Phi) is 16.4. The van der Waals surface area contributed by atoms with Crippen LogP contribution in [0.25, 0.3) is 5.57 Å². The van der Waals surface area contributed by atoms with E-state index >= 15 is 0 Å². The Bertz CT molecular complexity index is 2830. The Balaban J connectivity index is 1.42. The monoisotopic (exact) mass is 884 g/mol. The Morgan fingerprint density at radius 3 is 1.11 bits per heavy atom. The lowest BCUT2D eigenvalue weighted by Gasteiger charge is -2.16. The molecular formula is C56H52O10. The van der Waals surface area contributed by atoms with Crippen molar-refractivity contribution in [3.05, 3.63) is 159 Å². The normalized spacial score (nSPS) is 10.6. The molecular weight excluding hydrogens is 833 g/mol. The van der Waals surface area contributed by atoms with Gasteiger partial charge in [-0.15, -0.1) is 0 Å². The van der Waals surface area contributed by atoms with Gasteiger partial charge in [0.2, 0.25) is 11.5 Å². The van der Waals surface area contributed by atoms with Crippen LogP contribution in [0.1, 0.15) is 44.5 Å². The summed E-state index contributed by atoms with van der Waals surface area (Å²) in [5.74, 6) is 25.6. The van der Waals surface area contributed by atoms with Gasteiger partial charge in [-0.3, -0.25) is 0 Å². The zero-order chi connectivity index (χ0) is 47.0. The van der Waals surface area contributed by atoms with Gasteiger partial charge >= 0.3 is 0 Å². The fourth-order valence-electron chi connectivity index (χ4n) is 7.11. The Labute approximate surface area is 387 Å². The topological polar surface area (TPSA) is 92.3 Å². The minimum absolute atomic E-state index is 0.510. The molecule has 0 amide bonds. The van der Waals surface area contributed by atoms with E-state index in [2.05, 4.69) is 59.8 Å². The summed E-state index contributed by atoms with van der Waals surface area (Å²) in [5.41, 5.74) is 8.83. The molecule has 0 N–H and O–H groups in total. The van der Waals surface area contributed by atoms with E-state index in [1.54, 1.807) is 71.1 Å². The number of ether oxygens (including phenoxy) is 10. The molecule has 0 radical (unpaired) electrons. The van der Waals surface area contributed by atoms with Gasteiger partial charge in [0, 0.05) is 39.8 Å². The van der Waals surface area contributed by atoms with Crippen molar-refractivity contribution in [2.24, 2.45) is 0 Å². The molecule has 6 aromatic carbocycles. The second-order valence-electron chi connectivity index (χ2n) is 14.4. The molecule has 0 unspecified atom stereocenters. The highest BCUT2D eigenvalue weighted by Crippen LogP contribution is 2.39. The van der Waals surface area contributed by atoms with Gasteiger partial charge < -0.3 is 47.4 Å². The van der Waals surface area contributed by atoms with Gasteiger partial charge in [0.25, 0.3) is 0 Å². The van der Waals surface area contributed by atoms with Crippen LogP contribution in [-0.2, 0) is 12.8 Å². The van der Waals surface area contributed by atoms with Crippen LogP contribution in [0.15, 0.2) is 115 Å². The van der Waals surface area contributed by atoms with Crippen LogP contribution in [0.2, 0.25) is 0 Å². The molecule has 0 saturated carbocycles. The second kappa shape index (κ2) is 22.9. The lowest BCUT2D eigenvalue weighted by molar-refractivity contribution is 0.324. The number of allylic oxidation sites excluding steroid dienone is 2. The maximum Gasteiger partial charge on any atom is 0.203 e. The Morgan fingerprint density at radius 1 is 0.318 bits per heavy atom. The molecule has 0 fully saturated rings. The van der Waals surface area contributed by atoms with Crippen molar-refractivity contribution < 1.29 is 47.4 Å². The minimum Gasteiger partial charge on any atom is -0.493 e. The maximum absolute atomic E-state index is 5.80. The quantitative estimate of drug-likeness (QED) is 0.0929. The molecule has 0 aliphatic heterocycles. The van der Waals surface area contributed by atoms with Crippen molar-refractivity contribution in [3.63, 3.8) is 0 Å². The maximum atomic E-state index is 5.80. The number of rotatable bonds is 15. The first kappa shape index (κ1) is 47.2. The van der Waals surface area contributed by atoms with E-state index in [9.17, 15) is 0 Å². The zero-order valence-corrected chi connectivity index (χ0v) is 38.9. The van der Waals surface area contributed by atoms with Crippen LogP contribution in [0.3, 0.4) is 0 Å². The smallest absolute Gasteiger partial charge is 0.203 e. The number of benzene rings is 6. The third kappa shape index (κ3) is 11.5. The summed E-state index contributed by atoms with van der Waals surface area (Å²) in [6.07, 6.45) is 1.06. The standard InChI is InChI=1S/C56H52O10/c1-57-47-27-24-41(31-49(47)59-3)23-25-44(29-39-17-11-37(12-18-39)15-21-42-32-51(61-5)55(65-9)52(33-42)62-6)46(45-26-28-48(58-2)50(36-45)60-4)30-40-19-13-38(14-20-40)16-22-43-34-53(63-7)56(66-10)54(35-43)64-8/h11-14,17-20,24,26-28,31-36H,29-30H2,1-10H3/b46-44-. The fraction of sp³-hybridized carbons (Fsp3) is 0.214. The molecule has 10 nitrogen and oxygen atoms in total. The van der Waals surface area contributed by atoms with Crippen LogP contribution in [0, 0.1) is 35.5 Å². The van der Waals surface area contributed by atoms with Crippen molar-refractivity contribution in [1.82, 2.24) is 0 Å². The van der Waals surface area contributed by atoms with Gasteiger partial charge in [0.05, 0.1) is 71.1 Å². The van der Waals surface area contributed by atoms with E-state index in [1.165, 1.54) is 0 Å². The Hall–Kier alpha value is -8.26. The highest BCUT2D eigenvalue weighted by atomic mass is 16.5. The lowest BCUT2D eigenvalue weighted by atomic mass is 9.89. The lowest BCUT2D eigenvalue weighted by Crippen LogP contribution is -2.01. The number of methoxy groups -OCH3 is 10. The van der Waals surface area contributed by atoms with E-state index < -0.39 is 0 Å². The highest BCUT2D eigenvalue weighted by Gasteiger charge is 2.16. The Morgan fingerprint density at radius 2 is 0.682 bits per heavy atom. The number of hydrogen-bond acceptors (Lipinski definition) is 10. The predicted octanol–water partition coefficient (Wildman–Crippen LogP) is 9.86. The van der Waals surface area contributed by atoms with Gasteiger partial charge in [-0.25, -0.2) is 0 Å². The van der Waals surface area contributed by atoms with E-state index in [-0.39, 0.29) is 0 Å². The molecule has 0 heterocycles. The zero-order valence-electron chi connectivity index (χ0n) is 38.9. The van der Waals surface area contributed by atoms with Crippen LogP contribution in [-0.4, -0.2) is 71.1 Å². The molecule has 0 aromatic heterocycles. The molecule has 0 aliphatic rings. The van der Waals surface area contributed by atoms with Crippen LogP contribution in [0.4, 0.5) is 0 Å².